The van der Waals surface area contributed by atoms with Crippen LogP contribution in [-0.2, 0) is 6.42 Å². The Balaban J connectivity index is 2.08. The van der Waals surface area contributed by atoms with Crippen LogP contribution in [0.5, 0.6) is 5.75 Å². The van der Waals surface area contributed by atoms with Gasteiger partial charge in [-0.25, -0.2) is 0 Å². The third kappa shape index (κ3) is 2.22. The molecule has 3 heteroatoms. The van der Waals surface area contributed by atoms with E-state index in [9.17, 15) is 5.11 Å². The van der Waals surface area contributed by atoms with Crippen LogP contribution in [0.2, 0.25) is 0 Å². The third-order valence-electron chi connectivity index (χ3n) is 3.96. The standard InChI is InChI=1S/C17H21NO2/c1-3-20-14-7-4-6-13(11-14)18-12(2)10-15-16(18)8-5-9-17(15)19/h4,6-7,10-11,17,19H,3,5,8-9H2,1-2H3. The molecule has 1 N–H and O–H groups in total. The van der Waals surface area contributed by atoms with E-state index in [-0.39, 0.29) is 6.10 Å². The Morgan fingerprint density at radius 3 is 3.00 bits per heavy atom. The summed E-state index contributed by atoms with van der Waals surface area (Å²) in [6, 6.07) is 10.3. The lowest BCUT2D eigenvalue weighted by Gasteiger charge is -2.20. The van der Waals surface area contributed by atoms with Crippen LogP contribution in [0.4, 0.5) is 0 Å². The number of hydrogen-bond acceptors (Lipinski definition) is 2. The van der Waals surface area contributed by atoms with Gasteiger partial charge in [0.2, 0.25) is 0 Å². The van der Waals surface area contributed by atoms with Crippen molar-refractivity contribution in [1.82, 2.24) is 4.57 Å². The van der Waals surface area contributed by atoms with Gasteiger partial charge >= 0.3 is 0 Å². The zero-order valence-electron chi connectivity index (χ0n) is 12.1. The van der Waals surface area contributed by atoms with Gasteiger partial charge in [0.05, 0.1) is 12.7 Å². The van der Waals surface area contributed by atoms with Crippen LogP contribution in [-0.4, -0.2) is 16.3 Å². The lowest BCUT2D eigenvalue weighted by atomic mass is 9.95. The molecule has 2 aromatic rings. The van der Waals surface area contributed by atoms with Crippen molar-refractivity contribution in [3.63, 3.8) is 0 Å². The molecular formula is C17H21NO2. The lowest BCUT2D eigenvalue weighted by Crippen LogP contribution is -2.11. The van der Waals surface area contributed by atoms with Crippen LogP contribution in [0, 0.1) is 6.92 Å². The quantitative estimate of drug-likeness (QED) is 0.926. The van der Waals surface area contributed by atoms with Gasteiger partial charge < -0.3 is 14.4 Å². The summed E-state index contributed by atoms with van der Waals surface area (Å²) in [5.41, 5.74) is 4.62. The molecule has 1 aromatic heterocycles. The van der Waals surface area contributed by atoms with E-state index in [1.165, 1.54) is 11.4 Å². The summed E-state index contributed by atoms with van der Waals surface area (Å²) >= 11 is 0. The van der Waals surface area contributed by atoms with Crippen LogP contribution < -0.4 is 4.74 Å². The Bertz CT molecular complexity index is 615. The average Bonchev–Trinajstić information content (AvgIpc) is 2.77. The average molecular weight is 271 g/mol. The molecule has 0 spiro atoms. The number of fused-ring (bicyclic) bond motifs is 1. The lowest BCUT2D eigenvalue weighted by molar-refractivity contribution is 0.156. The zero-order chi connectivity index (χ0) is 14.1. The van der Waals surface area contributed by atoms with Crippen molar-refractivity contribution in [3.8, 4) is 11.4 Å². The molecule has 3 nitrogen and oxygen atoms in total. The van der Waals surface area contributed by atoms with Crippen molar-refractivity contribution in [1.29, 1.82) is 0 Å². The molecule has 1 aliphatic rings. The predicted octanol–water partition coefficient (Wildman–Crippen LogP) is 3.55. The second-order valence-corrected chi connectivity index (χ2v) is 5.36. The molecule has 0 saturated carbocycles. The van der Waals surface area contributed by atoms with E-state index in [1.54, 1.807) is 0 Å². The van der Waals surface area contributed by atoms with Gasteiger partial charge in [-0.05, 0) is 51.3 Å². The molecule has 0 aliphatic heterocycles. The van der Waals surface area contributed by atoms with Gasteiger partial charge in [0.1, 0.15) is 5.75 Å². The Labute approximate surface area is 119 Å². The number of hydrogen-bond donors (Lipinski definition) is 1. The topological polar surface area (TPSA) is 34.4 Å². The van der Waals surface area contributed by atoms with Crippen molar-refractivity contribution in [2.24, 2.45) is 0 Å². The number of ether oxygens (including phenoxy) is 1. The first-order chi connectivity index (χ1) is 9.70. The van der Waals surface area contributed by atoms with Gasteiger partial charge in [-0.2, -0.15) is 0 Å². The van der Waals surface area contributed by atoms with Gasteiger partial charge in [0, 0.05) is 28.7 Å². The number of aliphatic hydroxyl groups is 1. The van der Waals surface area contributed by atoms with Gasteiger partial charge in [0.15, 0.2) is 0 Å². The molecular weight excluding hydrogens is 250 g/mol. The first kappa shape index (κ1) is 13.3. The molecule has 1 atom stereocenters. The molecule has 0 amide bonds. The van der Waals surface area contributed by atoms with Crippen molar-refractivity contribution in [3.05, 3.63) is 47.3 Å². The smallest absolute Gasteiger partial charge is 0.121 e. The van der Waals surface area contributed by atoms with E-state index in [0.717, 1.165) is 36.3 Å². The Hall–Kier alpha value is -1.74. The van der Waals surface area contributed by atoms with Gasteiger partial charge in [-0.15, -0.1) is 0 Å². The van der Waals surface area contributed by atoms with Gasteiger partial charge in [-0.3, -0.25) is 0 Å². The monoisotopic (exact) mass is 271 g/mol. The molecule has 20 heavy (non-hydrogen) atoms. The molecule has 1 unspecified atom stereocenters. The summed E-state index contributed by atoms with van der Waals surface area (Å²) in [4.78, 5) is 0. The predicted molar refractivity (Wildman–Crippen MR) is 79.6 cm³/mol. The van der Waals surface area contributed by atoms with E-state index in [4.69, 9.17) is 4.74 Å². The Kier molecular flexibility index (Phi) is 3.53. The van der Waals surface area contributed by atoms with E-state index < -0.39 is 0 Å². The highest BCUT2D eigenvalue weighted by molar-refractivity contribution is 5.46. The highest BCUT2D eigenvalue weighted by Crippen LogP contribution is 2.34. The summed E-state index contributed by atoms with van der Waals surface area (Å²) in [5.74, 6) is 0.892. The molecule has 1 aromatic carbocycles. The van der Waals surface area contributed by atoms with Crippen LogP contribution in [0.25, 0.3) is 5.69 Å². The highest BCUT2D eigenvalue weighted by atomic mass is 16.5. The summed E-state index contributed by atoms with van der Waals surface area (Å²) in [5, 5.41) is 10.1. The number of aliphatic hydroxyl groups excluding tert-OH is 1. The molecule has 1 heterocycles. The number of aryl methyl sites for hydroxylation is 1. The molecule has 0 bridgehead atoms. The minimum absolute atomic E-state index is 0.311. The van der Waals surface area contributed by atoms with Gasteiger partial charge in [-0.1, -0.05) is 6.07 Å². The van der Waals surface area contributed by atoms with Crippen LogP contribution in [0.3, 0.4) is 0 Å². The van der Waals surface area contributed by atoms with Crippen molar-refractivity contribution in [2.75, 3.05) is 6.61 Å². The normalized spacial score (nSPS) is 17.9. The van der Waals surface area contributed by atoms with Gasteiger partial charge in [0.25, 0.3) is 0 Å². The Morgan fingerprint density at radius 2 is 2.20 bits per heavy atom. The SMILES string of the molecule is CCOc1cccc(-n2c(C)cc3c2CCCC3O)c1. The summed E-state index contributed by atoms with van der Waals surface area (Å²) in [6.45, 7) is 4.76. The second-order valence-electron chi connectivity index (χ2n) is 5.36. The van der Waals surface area contributed by atoms with Crippen molar-refractivity contribution < 1.29 is 9.84 Å². The fraction of sp³-hybridized carbons (Fsp3) is 0.412. The first-order valence-corrected chi connectivity index (χ1v) is 7.33. The molecule has 106 valence electrons. The summed E-state index contributed by atoms with van der Waals surface area (Å²) in [6.07, 6.45) is 2.63. The van der Waals surface area contributed by atoms with Crippen molar-refractivity contribution >= 4 is 0 Å². The maximum absolute atomic E-state index is 10.1. The third-order valence-corrected chi connectivity index (χ3v) is 3.96. The van der Waals surface area contributed by atoms with Crippen LogP contribution >= 0.6 is 0 Å². The molecule has 0 fully saturated rings. The Morgan fingerprint density at radius 1 is 1.35 bits per heavy atom. The van der Waals surface area contributed by atoms with E-state index in [0.29, 0.717) is 6.61 Å². The molecule has 3 rings (SSSR count). The maximum atomic E-state index is 10.1. The second kappa shape index (κ2) is 5.33. The number of nitrogens with zero attached hydrogens (tertiary/aromatic N) is 1. The minimum atomic E-state index is -0.311. The fourth-order valence-corrected chi connectivity index (χ4v) is 3.12. The molecule has 1 aliphatic carbocycles. The molecule has 0 saturated heterocycles. The first-order valence-electron chi connectivity index (χ1n) is 7.33. The van der Waals surface area contributed by atoms with Crippen molar-refractivity contribution in [2.45, 2.75) is 39.2 Å². The number of rotatable bonds is 3. The van der Waals surface area contributed by atoms with E-state index >= 15 is 0 Å². The fourth-order valence-electron chi connectivity index (χ4n) is 3.12. The zero-order valence-corrected chi connectivity index (χ0v) is 12.1. The number of aromatic nitrogens is 1. The molecule has 0 radical (unpaired) electrons. The highest BCUT2D eigenvalue weighted by Gasteiger charge is 2.23. The van der Waals surface area contributed by atoms with E-state index in [2.05, 4.69) is 29.7 Å². The maximum Gasteiger partial charge on any atom is 0.121 e. The van der Waals surface area contributed by atoms with Crippen LogP contribution in [0.15, 0.2) is 30.3 Å². The summed E-state index contributed by atoms with van der Waals surface area (Å²) < 4.78 is 7.84. The number of benzene rings is 1. The summed E-state index contributed by atoms with van der Waals surface area (Å²) in [7, 11) is 0. The van der Waals surface area contributed by atoms with Crippen LogP contribution in [0.1, 0.15) is 42.8 Å². The minimum Gasteiger partial charge on any atom is -0.494 e. The largest absolute Gasteiger partial charge is 0.494 e. The van der Waals surface area contributed by atoms with E-state index in [1.807, 2.05) is 19.1 Å².